The topological polar surface area (TPSA) is 25.4 Å². The molecule has 0 radical (unpaired) electrons. The summed E-state index contributed by atoms with van der Waals surface area (Å²) in [5.74, 6) is 0.236. The van der Waals surface area contributed by atoms with Crippen molar-refractivity contribution in [1.82, 2.24) is 9.88 Å². The predicted octanol–water partition coefficient (Wildman–Crippen LogP) is 2.22. The minimum atomic E-state index is -0.298. The van der Waals surface area contributed by atoms with Gasteiger partial charge in [0.25, 0.3) is 0 Å². The average molecular weight is 224 g/mol. The molecule has 1 aliphatic heterocycles. The maximum atomic E-state index is 13.1. The van der Waals surface area contributed by atoms with Gasteiger partial charge in [0.2, 0.25) is 5.88 Å². The number of piperidine rings is 1. The molecule has 1 saturated heterocycles. The van der Waals surface area contributed by atoms with Crippen LogP contribution in [0.25, 0.3) is 0 Å². The van der Waals surface area contributed by atoms with Crippen molar-refractivity contribution < 1.29 is 9.13 Å². The van der Waals surface area contributed by atoms with Crippen molar-refractivity contribution in [2.24, 2.45) is 0 Å². The number of pyridine rings is 1. The first-order valence-electron chi connectivity index (χ1n) is 5.70. The molecular weight excluding hydrogens is 207 g/mol. The molecular formula is C12H17FN2O. The number of ether oxygens (including phenoxy) is 1. The van der Waals surface area contributed by atoms with Crippen LogP contribution in [0.4, 0.5) is 4.39 Å². The first kappa shape index (κ1) is 11.3. The Hall–Kier alpha value is -1.16. The van der Waals surface area contributed by atoms with Crippen LogP contribution in [0.3, 0.4) is 0 Å². The van der Waals surface area contributed by atoms with Gasteiger partial charge in [-0.1, -0.05) is 6.42 Å². The van der Waals surface area contributed by atoms with E-state index in [1.165, 1.54) is 31.5 Å². The Balaban J connectivity index is 2.09. The number of nitrogens with zero attached hydrogens (tertiary/aromatic N) is 2. The van der Waals surface area contributed by atoms with Crippen molar-refractivity contribution in [2.45, 2.75) is 25.8 Å². The molecule has 1 aromatic rings. The molecule has 2 heterocycles. The minimum Gasteiger partial charge on any atom is -0.481 e. The zero-order valence-corrected chi connectivity index (χ0v) is 9.58. The van der Waals surface area contributed by atoms with Gasteiger partial charge in [-0.2, -0.15) is 0 Å². The van der Waals surface area contributed by atoms with E-state index < -0.39 is 0 Å². The van der Waals surface area contributed by atoms with E-state index >= 15 is 0 Å². The average Bonchev–Trinajstić information content (AvgIpc) is 2.31. The summed E-state index contributed by atoms with van der Waals surface area (Å²) in [5.41, 5.74) is 0.837. The molecule has 0 spiro atoms. The third kappa shape index (κ3) is 2.70. The van der Waals surface area contributed by atoms with Crippen molar-refractivity contribution in [1.29, 1.82) is 0 Å². The lowest BCUT2D eigenvalue weighted by molar-refractivity contribution is 0.217. The molecule has 0 bridgehead atoms. The number of likely N-dealkylation sites (tertiary alicyclic amines) is 1. The summed E-state index contributed by atoms with van der Waals surface area (Å²) in [5, 5.41) is 0. The maximum absolute atomic E-state index is 13.1. The third-order valence-electron chi connectivity index (χ3n) is 2.93. The molecule has 0 aliphatic carbocycles. The van der Waals surface area contributed by atoms with E-state index in [1.54, 1.807) is 7.11 Å². The SMILES string of the molecule is COc1ncc(F)cc1CN1CCCCC1. The van der Waals surface area contributed by atoms with E-state index in [0.29, 0.717) is 5.88 Å². The number of hydrogen-bond donors (Lipinski definition) is 0. The van der Waals surface area contributed by atoms with E-state index in [2.05, 4.69) is 9.88 Å². The summed E-state index contributed by atoms with van der Waals surface area (Å²) >= 11 is 0. The van der Waals surface area contributed by atoms with Crippen LogP contribution in [0.2, 0.25) is 0 Å². The number of hydrogen-bond acceptors (Lipinski definition) is 3. The molecule has 2 rings (SSSR count). The van der Waals surface area contributed by atoms with E-state index in [-0.39, 0.29) is 5.82 Å². The summed E-state index contributed by atoms with van der Waals surface area (Å²) in [7, 11) is 1.57. The maximum Gasteiger partial charge on any atom is 0.217 e. The second-order valence-electron chi connectivity index (χ2n) is 4.16. The van der Waals surface area contributed by atoms with Crippen molar-refractivity contribution >= 4 is 0 Å². The van der Waals surface area contributed by atoms with E-state index in [1.807, 2.05) is 0 Å². The molecule has 1 aliphatic rings. The molecule has 1 aromatic heterocycles. The van der Waals surface area contributed by atoms with E-state index in [9.17, 15) is 4.39 Å². The van der Waals surface area contributed by atoms with Gasteiger partial charge in [0.15, 0.2) is 0 Å². The smallest absolute Gasteiger partial charge is 0.217 e. The van der Waals surface area contributed by atoms with E-state index in [0.717, 1.165) is 25.2 Å². The van der Waals surface area contributed by atoms with Gasteiger partial charge in [0.05, 0.1) is 13.3 Å². The molecule has 16 heavy (non-hydrogen) atoms. The van der Waals surface area contributed by atoms with Gasteiger partial charge in [-0.3, -0.25) is 4.90 Å². The van der Waals surface area contributed by atoms with Crippen LogP contribution in [0.5, 0.6) is 5.88 Å². The number of rotatable bonds is 3. The Bertz CT molecular complexity index is 351. The van der Waals surface area contributed by atoms with Crippen LogP contribution in [-0.4, -0.2) is 30.1 Å². The standard InChI is InChI=1S/C12H17FN2O/c1-16-12-10(7-11(13)8-14-12)9-15-5-3-2-4-6-15/h7-8H,2-6,9H2,1H3. The summed E-state index contributed by atoms with van der Waals surface area (Å²) < 4.78 is 18.2. The molecule has 0 unspecified atom stereocenters. The number of methoxy groups -OCH3 is 1. The van der Waals surface area contributed by atoms with Gasteiger partial charge in [0, 0.05) is 12.1 Å². The molecule has 0 N–H and O–H groups in total. The number of halogens is 1. The number of aromatic nitrogens is 1. The second kappa shape index (κ2) is 5.25. The molecule has 0 saturated carbocycles. The zero-order valence-electron chi connectivity index (χ0n) is 9.58. The quantitative estimate of drug-likeness (QED) is 0.787. The van der Waals surface area contributed by atoms with Crippen LogP contribution in [0.1, 0.15) is 24.8 Å². The largest absolute Gasteiger partial charge is 0.481 e. The van der Waals surface area contributed by atoms with Crippen molar-refractivity contribution in [3.63, 3.8) is 0 Å². The molecule has 3 nitrogen and oxygen atoms in total. The fourth-order valence-electron chi connectivity index (χ4n) is 2.12. The van der Waals surface area contributed by atoms with Crippen molar-refractivity contribution in [2.75, 3.05) is 20.2 Å². The van der Waals surface area contributed by atoms with E-state index in [4.69, 9.17) is 4.74 Å². The van der Waals surface area contributed by atoms with Gasteiger partial charge in [-0.15, -0.1) is 0 Å². The van der Waals surface area contributed by atoms with Gasteiger partial charge >= 0.3 is 0 Å². The summed E-state index contributed by atoms with van der Waals surface area (Å²) in [4.78, 5) is 6.26. The third-order valence-corrected chi connectivity index (χ3v) is 2.93. The van der Waals surface area contributed by atoms with Gasteiger partial charge in [-0.25, -0.2) is 9.37 Å². The molecule has 0 amide bonds. The monoisotopic (exact) mass is 224 g/mol. The van der Waals surface area contributed by atoms with Crippen LogP contribution < -0.4 is 4.74 Å². The lowest BCUT2D eigenvalue weighted by atomic mass is 10.1. The lowest BCUT2D eigenvalue weighted by Gasteiger charge is -2.26. The van der Waals surface area contributed by atoms with Gasteiger partial charge in [-0.05, 0) is 32.0 Å². The first-order chi connectivity index (χ1) is 7.79. The summed E-state index contributed by atoms with van der Waals surface area (Å²) in [6.45, 7) is 2.90. The highest BCUT2D eigenvalue weighted by atomic mass is 19.1. The fraction of sp³-hybridized carbons (Fsp3) is 0.583. The normalized spacial score (nSPS) is 17.4. The Morgan fingerprint density at radius 2 is 2.12 bits per heavy atom. The molecule has 4 heteroatoms. The van der Waals surface area contributed by atoms with Gasteiger partial charge in [0.1, 0.15) is 5.82 Å². The molecule has 88 valence electrons. The molecule has 1 fully saturated rings. The highest BCUT2D eigenvalue weighted by molar-refractivity contribution is 5.26. The Morgan fingerprint density at radius 1 is 1.38 bits per heavy atom. The fourth-order valence-corrected chi connectivity index (χ4v) is 2.12. The summed E-state index contributed by atoms with van der Waals surface area (Å²) in [6.07, 6.45) is 4.95. The highest BCUT2D eigenvalue weighted by Crippen LogP contribution is 2.20. The Morgan fingerprint density at radius 3 is 2.81 bits per heavy atom. The molecule has 0 aromatic carbocycles. The Labute approximate surface area is 95.2 Å². The molecule has 0 atom stereocenters. The Kier molecular flexibility index (Phi) is 3.72. The van der Waals surface area contributed by atoms with Crippen LogP contribution in [0, 0.1) is 5.82 Å². The van der Waals surface area contributed by atoms with Crippen LogP contribution >= 0.6 is 0 Å². The first-order valence-corrected chi connectivity index (χ1v) is 5.70. The van der Waals surface area contributed by atoms with Crippen molar-refractivity contribution in [3.05, 3.63) is 23.6 Å². The predicted molar refractivity (Wildman–Crippen MR) is 59.9 cm³/mol. The summed E-state index contributed by atoms with van der Waals surface area (Å²) in [6, 6.07) is 1.51. The second-order valence-corrected chi connectivity index (χ2v) is 4.16. The van der Waals surface area contributed by atoms with Crippen molar-refractivity contribution in [3.8, 4) is 5.88 Å². The van der Waals surface area contributed by atoms with Gasteiger partial charge < -0.3 is 4.74 Å². The lowest BCUT2D eigenvalue weighted by Crippen LogP contribution is -2.29. The van der Waals surface area contributed by atoms with Crippen LogP contribution in [-0.2, 0) is 6.54 Å². The van der Waals surface area contributed by atoms with Crippen LogP contribution in [0.15, 0.2) is 12.3 Å². The highest BCUT2D eigenvalue weighted by Gasteiger charge is 2.14. The minimum absolute atomic E-state index is 0.298. The zero-order chi connectivity index (χ0) is 11.4.